The molecular weight excluding hydrogens is 240 g/mol. The van der Waals surface area contributed by atoms with E-state index < -0.39 is 0 Å². The average molecular weight is 252 g/mol. The number of benzene rings is 1. The highest BCUT2D eigenvalue weighted by atomic mass is 32.2. The number of amides is 1. The van der Waals surface area contributed by atoms with E-state index >= 15 is 0 Å². The summed E-state index contributed by atoms with van der Waals surface area (Å²) in [4.78, 5) is 18.6. The molecule has 0 unspecified atom stereocenters. The Morgan fingerprint density at radius 2 is 2.31 bits per heavy atom. The molecule has 0 aromatic heterocycles. The lowest BCUT2D eigenvalue weighted by atomic mass is 10.3. The molecule has 2 rings (SSSR count). The van der Waals surface area contributed by atoms with Crippen molar-refractivity contribution in [3.8, 4) is 0 Å². The van der Waals surface area contributed by atoms with Gasteiger partial charge in [0.2, 0.25) is 5.91 Å². The molecule has 0 bridgehead atoms. The minimum atomic E-state index is 0.116. The van der Waals surface area contributed by atoms with Crippen LogP contribution in [0.15, 0.2) is 34.2 Å². The first-order valence-corrected chi connectivity index (χ1v) is 7.04. The summed E-state index contributed by atoms with van der Waals surface area (Å²) in [6.07, 6.45) is 2.03. The van der Waals surface area contributed by atoms with Gasteiger partial charge < -0.3 is 0 Å². The molecule has 1 aromatic carbocycles. The van der Waals surface area contributed by atoms with Gasteiger partial charge in [0.15, 0.2) is 5.17 Å². The molecule has 3 nitrogen and oxygen atoms in total. The molecular formula is C11H12N2OS2. The molecule has 1 heterocycles. The number of aliphatic imine (C=N–C) groups is 1. The summed E-state index contributed by atoms with van der Waals surface area (Å²) in [7, 11) is 1.76. The summed E-state index contributed by atoms with van der Waals surface area (Å²) in [5.41, 5.74) is 0.899. The predicted molar refractivity (Wildman–Crippen MR) is 70.5 cm³/mol. The Labute approximate surface area is 103 Å². The molecule has 0 saturated carbocycles. The number of carbonyl (C=O) groups is 1. The molecule has 1 aromatic rings. The molecule has 5 heteroatoms. The fraction of sp³-hybridized carbons (Fsp3) is 0.273. The van der Waals surface area contributed by atoms with Gasteiger partial charge in [0.05, 0.1) is 11.4 Å². The molecule has 1 amide bonds. The van der Waals surface area contributed by atoms with Crippen molar-refractivity contribution in [1.82, 2.24) is 4.90 Å². The van der Waals surface area contributed by atoms with Gasteiger partial charge in [-0.15, -0.1) is 11.8 Å². The normalized spacial score (nSPS) is 18.5. The lowest BCUT2D eigenvalue weighted by Crippen LogP contribution is -2.24. The SMILES string of the molecule is CSc1cccc(N=C2SCC(=O)N2C)c1. The molecule has 1 aliphatic rings. The summed E-state index contributed by atoms with van der Waals surface area (Å²) in [6, 6.07) is 8.00. The maximum absolute atomic E-state index is 11.3. The van der Waals surface area contributed by atoms with E-state index in [2.05, 4.69) is 4.99 Å². The highest BCUT2D eigenvalue weighted by Crippen LogP contribution is 2.25. The van der Waals surface area contributed by atoms with Crippen LogP contribution in [0.4, 0.5) is 5.69 Å². The highest BCUT2D eigenvalue weighted by molar-refractivity contribution is 8.15. The first-order valence-electron chi connectivity index (χ1n) is 4.83. The van der Waals surface area contributed by atoms with E-state index in [1.807, 2.05) is 30.5 Å². The van der Waals surface area contributed by atoms with E-state index in [1.165, 1.54) is 16.7 Å². The number of hydrogen-bond donors (Lipinski definition) is 0. The lowest BCUT2D eigenvalue weighted by molar-refractivity contribution is -0.123. The van der Waals surface area contributed by atoms with Gasteiger partial charge in [-0.05, 0) is 24.5 Å². The van der Waals surface area contributed by atoms with Gasteiger partial charge in [-0.2, -0.15) is 0 Å². The fourth-order valence-electron chi connectivity index (χ4n) is 1.32. The number of nitrogens with zero attached hydrogens (tertiary/aromatic N) is 2. The summed E-state index contributed by atoms with van der Waals surface area (Å²) in [6.45, 7) is 0. The number of amidine groups is 1. The Balaban J connectivity index is 2.25. The fourth-order valence-corrected chi connectivity index (χ4v) is 2.69. The molecule has 0 spiro atoms. The number of thioether (sulfide) groups is 2. The molecule has 1 aliphatic heterocycles. The van der Waals surface area contributed by atoms with Crippen LogP contribution in [0.5, 0.6) is 0 Å². The second-order valence-electron chi connectivity index (χ2n) is 3.34. The van der Waals surface area contributed by atoms with E-state index in [4.69, 9.17) is 0 Å². The summed E-state index contributed by atoms with van der Waals surface area (Å²) in [5, 5.41) is 0.781. The molecule has 0 radical (unpaired) electrons. The van der Waals surface area contributed by atoms with Crippen LogP contribution in [0.1, 0.15) is 0 Å². The summed E-state index contributed by atoms with van der Waals surface area (Å²) in [5.74, 6) is 0.613. The highest BCUT2D eigenvalue weighted by Gasteiger charge is 2.24. The molecule has 1 saturated heterocycles. The van der Waals surface area contributed by atoms with Crippen molar-refractivity contribution < 1.29 is 4.79 Å². The maximum Gasteiger partial charge on any atom is 0.238 e. The molecule has 0 aliphatic carbocycles. The van der Waals surface area contributed by atoms with E-state index in [1.54, 1.807) is 23.7 Å². The summed E-state index contributed by atoms with van der Waals surface area (Å²) >= 11 is 3.17. The Hall–Kier alpha value is -0.940. The quantitative estimate of drug-likeness (QED) is 0.758. The van der Waals surface area contributed by atoms with Crippen molar-refractivity contribution >= 4 is 40.3 Å². The first-order chi connectivity index (χ1) is 7.70. The van der Waals surface area contributed by atoms with Crippen LogP contribution in [-0.2, 0) is 4.79 Å². The third-order valence-electron chi connectivity index (χ3n) is 2.26. The van der Waals surface area contributed by atoms with Gasteiger partial charge in [-0.1, -0.05) is 17.8 Å². The van der Waals surface area contributed by atoms with Crippen LogP contribution >= 0.6 is 23.5 Å². The zero-order valence-corrected chi connectivity index (χ0v) is 10.8. The van der Waals surface area contributed by atoms with Gasteiger partial charge in [-0.25, -0.2) is 4.99 Å². The Morgan fingerprint density at radius 3 is 2.94 bits per heavy atom. The zero-order valence-electron chi connectivity index (χ0n) is 9.14. The molecule has 0 N–H and O–H groups in total. The Bertz CT molecular complexity index is 445. The van der Waals surface area contributed by atoms with Crippen LogP contribution < -0.4 is 0 Å². The number of carbonyl (C=O) groups excluding carboxylic acids is 1. The molecule has 0 atom stereocenters. The van der Waals surface area contributed by atoms with Gasteiger partial charge >= 0.3 is 0 Å². The van der Waals surface area contributed by atoms with Gasteiger partial charge in [0.1, 0.15) is 0 Å². The van der Waals surface area contributed by atoms with Crippen LogP contribution in [0.3, 0.4) is 0 Å². The van der Waals surface area contributed by atoms with Crippen LogP contribution in [-0.4, -0.2) is 35.0 Å². The van der Waals surface area contributed by atoms with Crippen molar-refractivity contribution in [3.63, 3.8) is 0 Å². The summed E-state index contributed by atoms with van der Waals surface area (Å²) < 4.78 is 0. The molecule has 16 heavy (non-hydrogen) atoms. The van der Waals surface area contributed by atoms with Crippen molar-refractivity contribution in [3.05, 3.63) is 24.3 Å². The van der Waals surface area contributed by atoms with Crippen molar-refractivity contribution in [2.75, 3.05) is 19.1 Å². The minimum absolute atomic E-state index is 0.116. The van der Waals surface area contributed by atoms with Crippen LogP contribution in [0, 0.1) is 0 Å². The maximum atomic E-state index is 11.3. The predicted octanol–water partition coefficient (Wildman–Crippen LogP) is 2.60. The number of hydrogen-bond acceptors (Lipinski definition) is 4. The second kappa shape index (κ2) is 4.93. The lowest BCUT2D eigenvalue weighted by Gasteiger charge is -2.07. The second-order valence-corrected chi connectivity index (χ2v) is 5.16. The van der Waals surface area contributed by atoms with E-state index in [-0.39, 0.29) is 5.91 Å². The van der Waals surface area contributed by atoms with Crippen LogP contribution in [0.25, 0.3) is 0 Å². The van der Waals surface area contributed by atoms with Gasteiger partial charge in [-0.3, -0.25) is 9.69 Å². The smallest absolute Gasteiger partial charge is 0.238 e. The third-order valence-corrected chi connectivity index (χ3v) is 4.00. The van der Waals surface area contributed by atoms with E-state index in [9.17, 15) is 4.79 Å². The largest absolute Gasteiger partial charge is 0.294 e. The van der Waals surface area contributed by atoms with E-state index in [0.717, 1.165) is 10.9 Å². The average Bonchev–Trinajstić information content (AvgIpc) is 2.61. The van der Waals surface area contributed by atoms with Crippen molar-refractivity contribution in [2.24, 2.45) is 4.99 Å². The van der Waals surface area contributed by atoms with Crippen molar-refractivity contribution in [2.45, 2.75) is 4.90 Å². The number of rotatable bonds is 2. The molecule has 1 fully saturated rings. The monoisotopic (exact) mass is 252 g/mol. The zero-order chi connectivity index (χ0) is 11.5. The molecule has 84 valence electrons. The minimum Gasteiger partial charge on any atom is -0.294 e. The third kappa shape index (κ3) is 2.41. The first kappa shape index (κ1) is 11.5. The topological polar surface area (TPSA) is 32.7 Å². The van der Waals surface area contributed by atoms with Crippen LogP contribution in [0.2, 0.25) is 0 Å². The van der Waals surface area contributed by atoms with Crippen molar-refractivity contribution in [1.29, 1.82) is 0 Å². The Morgan fingerprint density at radius 1 is 1.50 bits per heavy atom. The Kier molecular flexibility index (Phi) is 3.56. The van der Waals surface area contributed by atoms with Gasteiger partial charge in [0.25, 0.3) is 0 Å². The van der Waals surface area contributed by atoms with E-state index in [0.29, 0.717) is 5.75 Å². The van der Waals surface area contributed by atoms with Gasteiger partial charge in [0, 0.05) is 11.9 Å². The standard InChI is InChI=1S/C11H12N2OS2/c1-13-10(14)7-16-11(13)12-8-4-3-5-9(6-8)15-2/h3-6H,7H2,1-2H3.